The van der Waals surface area contributed by atoms with Gasteiger partial charge in [-0.15, -0.1) is 0 Å². The van der Waals surface area contributed by atoms with E-state index in [-0.39, 0.29) is 12.5 Å². The maximum Gasteiger partial charge on any atom is 0.271 e. The van der Waals surface area contributed by atoms with Crippen molar-refractivity contribution < 1.29 is 13.9 Å². The van der Waals surface area contributed by atoms with Gasteiger partial charge in [-0.05, 0) is 36.4 Å². The molecule has 4 aromatic rings. The summed E-state index contributed by atoms with van der Waals surface area (Å²) in [5.74, 6) is -0.105. The first-order valence-corrected chi connectivity index (χ1v) is 10.5. The van der Waals surface area contributed by atoms with Crippen LogP contribution in [-0.4, -0.2) is 29.0 Å². The number of amides is 1. The van der Waals surface area contributed by atoms with E-state index in [0.717, 1.165) is 5.56 Å². The predicted molar refractivity (Wildman–Crippen MR) is 126 cm³/mol. The highest BCUT2D eigenvalue weighted by Crippen LogP contribution is 2.24. The molecule has 166 valence electrons. The normalized spacial score (nSPS) is 11.0. The van der Waals surface area contributed by atoms with Crippen molar-refractivity contribution >= 4 is 23.7 Å². The Labute approximate surface area is 195 Å². The van der Waals surface area contributed by atoms with Crippen molar-refractivity contribution in [2.24, 2.45) is 5.10 Å². The molecule has 0 saturated heterocycles. The van der Waals surface area contributed by atoms with Crippen molar-refractivity contribution in [1.82, 2.24) is 15.2 Å². The fourth-order valence-corrected chi connectivity index (χ4v) is 3.47. The fraction of sp³-hybridized carbons (Fsp3) is 0.0800. The number of halogens is 2. The SMILES string of the molecule is COc1ccc(C(=O)NN=Cc2cn(Cc3c(F)cccc3Cl)nc2-c2ccccc2)cc1. The second-order valence-electron chi connectivity index (χ2n) is 7.12. The van der Waals surface area contributed by atoms with Gasteiger partial charge in [0.25, 0.3) is 5.91 Å². The quantitative estimate of drug-likeness (QED) is 0.304. The standard InChI is InChI=1S/C25H20ClFN4O2/c1-33-20-12-10-18(11-13-20)25(32)29-28-14-19-15-31(16-21-22(26)8-5-9-23(21)27)30-24(19)17-6-3-2-4-7-17/h2-15H,16H2,1H3,(H,29,32). The average molecular weight is 463 g/mol. The Balaban J connectivity index is 1.58. The van der Waals surface area contributed by atoms with Crippen LogP contribution in [0.25, 0.3) is 11.3 Å². The Morgan fingerprint density at radius 3 is 2.58 bits per heavy atom. The van der Waals surface area contributed by atoms with Gasteiger partial charge in [0.15, 0.2) is 0 Å². The third kappa shape index (κ3) is 5.27. The summed E-state index contributed by atoms with van der Waals surface area (Å²) in [7, 11) is 1.56. The zero-order valence-electron chi connectivity index (χ0n) is 17.7. The monoisotopic (exact) mass is 462 g/mol. The van der Waals surface area contributed by atoms with Crippen LogP contribution in [0.4, 0.5) is 4.39 Å². The molecule has 0 fully saturated rings. The number of rotatable bonds is 7. The van der Waals surface area contributed by atoms with Crippen molar-refractivity contribution in [3.8, 4) is 17.0 Å². The van der Waals surface area contributed by atoms with Crippen molar-refractivity contribution in [3.63, 3.8) is 0 Å². The molecule has 0 atom stereocenters. The zero-order valence-corrected chi connectivity index (χ0v) is 18.5. The van der Waals surface area contributed by atoms with Crippen LogP contribution >= 0.6 is 11.6 Å². The van der Waals surface area contributed by atoms with Crippen LogP contribution in [0.1, 0.15) is 21.5 Å². The number of carbonyl (C=O) groups is 1. The Bertz CT molecular complexity index is 1270. The number of hydrogen-bond donors (Lipinski definition) is 1. The lowest BCUT2D eigenvalue weighted by Gasteiger charge is -2.05. The van der Waals surface area contributed by atoms with Crippen molar-refractivity contribution in [3.05, 3.63) is 107 Å². The van der Waals surface area contributed by atoms with Crippen LogP contribution in [0.3, 0.4) is 0 Å². The summed E-state index contributed by atoms with van der Waals surface area (Å²) in [4.78, 5) is 12.4. The van der Waals surface area contributed by atoms with Gasteiger partial charge in [-0.25, -0.2) is 9.82 Å². The first-order chi connectivity index (χ1) is 16.0. The largest absolute Gasteiger partial charge is 0.497 e. The number of nitrogens with zero attached hydrogens (tertiary/aromatic N) is 3. The Morgan fingerprint density at radius 1 is 1.12 bits per heavy atom. The summed E-state index contributed by atoms with van der Waals surface area (Å²) in [5, 5.41) is 9.03. The number of methoxy groups -OCH3 is 1. The average Bonchev–Trinajstić information content (AvgIpc) is 3.24. The molecule has 0 spiro atoms. The molecule has 1 heterocycles. The van der Waals surface area contributed by atoms with E-state index in [4.69, 9.17) is 16.3 Å². The number of hydrazone groups is 1. The molecule has 1 aromatic heterocycles. The van der Waals surface area contributed by atoms with Gasteiger partial charge >= 0.3 is 0 Å². The van der Waals surface area contributed by atoms with E-state index in [1.165, 1.54) is 12.3 Å². The second kappa shape index (κ2) is 10.1. The minimum absolute atomic E-state index is 0.150. The molecular weight excluding hydrogens is 443 g/mol. The first-order valence-electron chi connectivity index (χ1n) is 10.1. The van der Waals surface area contributed by atoms with Gasteiger partial charge < -0.3 is 4.74 Å². The Kier molecular flexibility index (Phi) is 6.80. The van der Waals surface area contributed by atoms with Gasteiger partial charge in [-0.2, -0.15) is 10.2 Å². The summed E-state index contributed by atoms with van der Waals surface area (Å²) in [5.41, 5.74) is 5.46. The number of nitrogens with one attached hydrogen (secondary N) is 1. The van der Waals surface area contributed by atoms with Crippen LogP contribution in [0.2, 0.25) is 5.02 Å². The highest BCUT2D eigenvalue weighted by atomic mass is 35.5. The molecule has 4 rings (SSSR count). The number of ether oxygens (including phenoxy) is 1. The number of benzene rings is 3. The molecule has 6 nitrogen and oxygen atoms in total. The molecular formula is C25H20ClFN4O2. The Hall–Kier alpha value is -3.97. The lowest BCUT2D eigenvalue weighted by Crippen LogP contribution is -2.17. The van der Waals surface area contributed by atoms with Crippen molar-refractivity contribution in [2.45, 2.75) is 6.54 Å². The third-order valence-electron chi connectivity index (χ3n) is 4.94. The van der Waals surface area contributed by atoms with Gasteiger partial charge in [0, 0.05) is 33.5 Å². The molecule has 0 saturated carbocycles. The van der Waals surface area contributed by atoms with Gasteiger partial charge in [-0.1, -0.05) is 48.0 Å². The smallest absolute Gasteiger partial charge is 0.271 e. The van der Waals surface area contributed by atoms with Crippen LogP contribution < -0.4 is 10.2 Å². The highest BCUT2D eigenvalue weighted by Gasteiger charge is 2.13. The van der Waals surface area contributed by atoms with E-state index in [1.807, 2.05) is 30.3 Å². The molecule has 0 aliphatic heterocycles. The van der Waals surface area contributed by atoms with E-state index in [1.54, 1.807) is 54.4 Å². The lowest BCUT2D eigenvalue weighted by molar-refractivity contribution is 0.0955. The predicted octanol–water partition coefficient (Wildman–Crippen LogP) is 5.16. The zero-order chi connectivity index (χ0) is 23.2. The highest BCUT2D eigenvalue weighted by molar-refractivity contribution is 6.31. The lowest BCUT2D eigenvalue weighted by atomic mass is 10.1. The molecule has 0 bridgehead atoms. The van der Waals surface area contributed by atoms with E-state index >= 15 is 0 Å². The van der Waals surface area contributed by atoms with E-state index in [9.17, 15) is 9.18 Å². The second-order valence-corrected chi connectivity index (χ2v) is 7.53. The molecule has 0 unspecified atom stereocenters. The van der Waals surface area contributed by atoms with Crippen LogP contribution in [-0.2, 0) is 6.54 Å². The minimum atomic E-state index is -0.402. The number of hydrogen-bond acceptors (Lipinski definition) is 4. The maximum absolute atomic E-state index is 14.3. The number of aromatic nitrogens is 2. The summed E-state index contributed by atoms with van der Waals surface area (Å²) >= 11 is 6.18. The summed E-state index contributed by atoms with van der Waals surface area (Å²) in [6, 6.07) is 20.8. The topological polar surface area (TPSA) is 68.5 Å². The molecule has 1 amide bonds. The number of carbonyl (C=O) groups excluding carboxylic acids is 1. The van der Waals surface area contributed by atoms with Crippen LogP contribution in [0, 0.1) is 5.82 Å². The van der Waals surface area contributed by atoms with Gasteiger partial charge in [0.1, 0.15) is 17.3 Å². The fourth-order valence-electron chi connectivity index (χ4n) is 3.25. The summed E-state index contributed by atoms with van der Waals surface area (Å²) < 4.78 is 21.0. The first kappa shape index (κ1) is 22.2. The van der Waals surface area contributed by atoms with E-state index in [2.05, 4.69) is 15.6 Å². The summed E-state index contributed by atoms with van der Waals surface area (Å²) in [6.07, 6.45) is 3.24. The molecule has 0 aliphatic rings. The van der Waals surface area contributed by atoms with E-state index < -0.39 is 5.82 Å². The van der Waals surface area contributed by atoms with Crippen molar-refractivity contribution in [2.75, 3.05) is 7.11 Å². The maximum atomic E-state index is 14.3. The van der Waals surface area contributed by atoms with Crippen LogP contribution in [0.15, 0.2) is 84.1 Å². The molecule has 3 aromatic carbocycles. The summed E-state index contributed by atoms with van der Waals surface area (Å²) in [6.45, 7) is 0.150. The molecule has 8 heteroatoms. The Morgan fingerprint density at radius 2 is 1.88 bits per heavy atom. The molecule has 33 heavy (non-hydrogen) atoms. The minimum Gasteiger partial charge on any atom is -0.497 e. The molecule has 0 radical (unpaired) electrons. The van der Waals surface area contributed by atoms with Crippen molar-refractivity contribution in [1.29, 1.82) is 0 Å². The molecule has 0 aliphatic carbocycles. The van der Waals surface area contributed by atoms with Gasteiger partial charge in [0.05, 0.1) is 19.9 Å². The van der Waals surface area contributed by atoms with Gasteiger partial charge in [0.2, 0.25) is 0 Å². The van der Waals surface area contributed by atoms with E-state index in [0.29, 0.717) is 33.2 Å². The van der Waals surface area contributed by atoms with Gasteiger partial charge in [-0.3, -0.25) is 9.48 Å². The van der Waals surface area contributed by atoms with Crippen LogP contribution in [0.5, 0.6) is 5.75 Å². The molecule has 1 N–H and O–H groups in total. The third-order valence-corrected chi connectivity index (χ3v) is 5.30.